The first-order valence-corrected chi connectivity index (χ1v) is 8.50. The van der Waals surface area contributed by atoms with Gasteiger partial charge in [0.2, 0.25) is 5.91 Å². The predicted octanol–water partition coefficient (Wildman–Crippen LogP) is 3.00. The fourth-order valence-electron chi connectivity index (χ4n) is 2.90. The zero-order valence-corrected chi connectivity index (χ0v) is 14.6. The molecule has 0 bridgehead atoms. The Morgan fingerprint density at radius 2 is 2.04 bits per heavy atom. The van der Waals surface area contributed by atoms with Crippen LogP contribution in [0.5, 0.6) is 0 Å². The van der Waals surface area contributed by atoms with Gasteiger partial charge in [0.1, 0.15) is 12.2 Å². The summed E-state index contributed by atoms with van der Waals surface area (Å²) in [5, 5.41) is 8.12. The van der Waals surface area contributed by atoms with E-state index in [4.69, 9.17) is 0 Å². The highest BCUT2D eigenvalue weighted by Crippen LogP contribution is 2.26. The maximum absolute atomic E-state index is 12.3. The molecule has 2 aromatic rings. The van der Waals surface area contributed by atoms with Crippen molar-refractivity contribution in [3.8, 4) is 0 Å². The van der Waals surface area contributed by atoms with Crippen LogP contribution in [-0.2, 0) is 11.8 Å². The number of aromatic nitrogens is 3. The van der Waals surface area contributed by atoms with E-state index in [1.807, 2.05) is 46.9 Å². The Bertz CT molecular complexity index is 717. The Kier molecular flexibility index (Phi) is 4.91. The Labute approximate surface area is 144 Å². The Balaban J connectivity index is 1.58. The van der Waals surface area contributed by atoms with Crippen LogP contribution >= 0.6 is 15.9 Å². The molecule has 1 fully saturated rings. The lowest BCUT2D eigenvalue weighted by Crippen LogP contribution is -2.37. The molecule has 2 heterocycles. The molecule has 3 rings (SSSR count). The van der Waals surface area contributed by atoms with E-state index < -0.39 is 0 Å². The lowest BCUT2D eigenvalue weighted by Gasteiger charge is -2.30. The van der Waals surface area contributed by atoms with Gasteiger partial charge in [0.25, 0.3) is 0 Å². The molecular formula is C17H19BrN4O. The number of benzene rings is 1. The average Bonchev–Trinajstić information content (AvgIpc) is 3.00. The second kappa shape index (κ2) is 7.08. The molecule has 1 amide bonds. The molecule has 0 saturated carbocycles. The highest BCUT2D eigenvalue weighted by atomic mass is 79.9. The van der Waals surface area contributed by atoms with E-state index in [1.54, 1.807) is 12.4 Å². The van der Waals surface area contributed by atoms with Crippen molar-refractivity contribution in [2.24, 2.45) is 7.05 Å². The largest absolute Gasteiger partial charge is 0.339 e. The van der Waals surface area contributed by atoms with E-state index in [9.17, 15) is 4.79 Å². The summed E-state index contributed by atoms with van der Waals surface area (Å²) >= 11 is 3.49. The molecule has 120 valence electrons. The Morgan fingerprint density at radius 3 is 2.70 bits per heavy atom. The van der Waals surface area contributed by atoms with E-state index in [-0.39, 0.29) is 5.91 Å². The minimum absolute atomic E-state index is 0.0668. The second-order valence-electron chi connectivity index (χ2n) is 5.75. The van der Waals surface area contributed by atoms with Crippen molar-refractivity contribution in [1.29, 1.82) is 0 Å². The van der Waals surface area contributed by atoms with Crippen LogP contribution in [0.25, 0.3) is 6.08 Å². The summed E-state index contributed by atoms with van der Waals surface area (Å²) in [5.74, 6) is 1.47. The van der Waals surface area contributed by atoms with Gasteiger partial charge >= 0.3 is 0 Å². The number of amides is 1. The molecule has 1 aliphatic heterocycles. The molecule has 1 saturated heterocycles. The molecule has 5 nitrogen and oxygen atoms in total. The van der Waals surface area contributed by atoms with Crippen molar-refractivity contribution in [3.05, 3.63) is 52.5 Å². The van der Waals surface area contributed by atoms with E-state index >= 15 is 0 Å². The maximum atomic E-state index is 12.3. The number of hydrogen-bond acceptors (Lipinski definition) is 3. The fraction of sp³-hybridized carbons (Fsp3) is 0.353. The number of nitrogens with zero attached hydrogens (tertiary/aromatic N) is 4. The van der Waals surface area contributed by atoms with Crippen molar-refractivity contribution < 1.29 is 4.79 Å². The van der Waals surface area contributed by atoms with Crippen molar-refractivity contribution in [1.82, 2.24) is 19.7 Å². The van der Waals surface area contributed by atoms with Crippen LogP contribution in [0.2, 0.25) is 0 Å². The molecule has 0 atom stereocenters. The molecule has 23 heavy (non-hydrogen) atoms. The fourth-order valence-corrected chi connectivity index (χ4v) is 3.31. The van der Waals surface area contributed by atoms with Crippen molar-refractivity contribution in [3.63, 3.8) is 0 Å². The van der Waals surface area contributed by atoms with Crippen LogP contribution < -0.4 is 0 Å². The van der Waals surface area contributed by atoms with Crippen molar-refractivity contribution >= 4 is 27.9 Å². The summed E-state index contributed by atoms with van der Waals surface area (Å²) in [6.07, 6.45) is 7.11. The molecule has 6 heteroatoms. The quantitative estimate of drug-likeness (QED) is 0.775. The van der Waals surface area contributed by atoms with Gasteiger partial charge < -0.3 is 9.47 Å². The number of hydrogen-bond donors (Lipinski definition) is 0. The van der Waals surface area contributed by atoms with Gasteiger partial charge in [0.15, 0.2) is 0 Å². The van der Waals surface area contributed by atoms with Crippen LogP contribution in [-0.4, -0.2) is 38.7 Å². The zero-order chi connectivity index (χ0) is 16.2. The van der Waals surface area contributed by atoms with Crippen LogP contribution in [0.1, 0.15) is 30.1 Å². The van der Waals surface area contributed by atoms with E-state index in [0.717, 1.165) is 41.8 Å². The van der Waals surface area contributed by atoms with Gasteiger partial charge in [0.05, 0.1) is 0 Å². The Morgan fingerprint density at radius 1 is 1.30 bits per heavy atom. The monoisotopic (exact) mass is 374 g/mol. The first-order chi connectivity index (χ1) is 11.1. The van der Waals surface area contributed by atoms with Gasteiger partial charge in [-0.3, -0.25) is 4.79 Å². The van der Waals surface area contributed by atoms with Crippen molar-refractivity contribution in [2.45, 2.75) is 18.8 Å². The van der Waals surface area contributed by atoms with E-state index in [1.165, 1.54) is 0 Å². The average molecular weight is 375 g/mol. The molecular weight excluding hydrogens is 356 g/mol. The predicted molar refractivity (Wildman–Crippen MR) is 92.7 cm³/mol. The third-order valence-electron chi connectivity index (χ3n) is 4.23. The molecule has 0 aliphatic carbocycles. The number of piperidine rings is 1. The van der Waals surface area contributed by atoms with E-state index in [2.05, 4.69) is 26.1 Å². The number of aryl methyl sites for hydroxylation is 1. The lowest BCUT2D eigenvalue weighted by molar-refractivity contribution is -0.127. The van der Waals surface area contributed by atoms with Crippen LogP contribution in [0.3, 0.4) is 0 Å². The van der Waals surface area contributed by atoms with Gasteiger partial charge in [0, 0.05) is 36.6 Å². The summed E-state index contributed by atoms with van der Waals surface area (Å²) in [7, 11) is 1.97. The topological polar surface area (TPSA) is 51.0 Å². The number of likely N-dealkylation sites (tertiary alicyclic amines) is 1. The third-order valence-corrected chi connectivity index (χ3v) is 4.95. The number of carbonyl (C=O) groups excluding carboxylic acids is 1. The second-order valence-corrected chi connectivity index (χ2v) is 6.61. The van der Waals surface area contributed by atoms with Crippen molar-refractivity contribution in [2.75, 3.05) is 13.1 Å². The molecule has 0 unspecified atom stereocenters. The first-order valence-electron chi connectivity index (χ1n) is 7.70. The smallest absolute Gasteiger partial charge is 0.246 e. The van der Waals surface area contributed by atoms with E-state index in [0.29, 0.717) is 5.92 Å². The number of halogens is 1. The standard InChI is InChI=1S/C17H19BrN4O/c1-21-12-19-20-17(21)14-8-10-22(11-9-14)16(23)7-6-13-4-2-3-5-15(13)18/h2-7,12,14H,8-11H2,1H3/b7-6+. The molecule has 1 aliphatic rings. The lowest BCUT2D eigenvalue weighted by atomic mass is 9.96. The normalized spacial score (nSPS) is 16.2. The zero-order valence-electron chi connectivity index (χ0n) is 13.0. The minimum atomic E-state index is 0.0668. The van der Waals surface area contributed by atoms with Crippen LogP contribution in [0.15, 0.2) is 41.1 Å². The van der Waals surface area contributed by atoms with Gasteiger partial charge in [-0.25, -0.2) is 0 Å². The van der Waals surface area contributed by atoms with Gasteiger partial charge in [-0.2, -0.15) is 0 Å². The Hall–Kier alpha value is -1.95. The summed E-state index contributed by atoms with van der Waals surface area (Å²) < 4.78 is 2.96. The molecule has 1 aromatic heterocycles. The summed E-state index contributed by atoms with van der Waals surface area (Å²) in [6, 6.07) is 7.87. The van der Waals surface area contributed by atoms with Crippen LogP contribution in [0.4, 0.5) is 0 Å². The summed E-state index contributed by atoms with van der Waals surface area (Å²) in [4.78, 5) is 14.2. The SMILES string of the molecule is Cn1cnnc1C1CCN(C(=O)/C=C/c2ccccc2Br)CC1. The van der Waals surface area contributed by atoms with Crippen LogP contribution in [0, 0.1) is 0 Å². The van der Waals surface area contributed by atoms with Gasteiger partial charge in [-0.1, -0.05) is 34.1 Å². The third kappa shape index (κ3) is 3.69. The molecule has 0 spiro atoms. The highest BCUT2D eigenvalue weighted by molar-refractivity contribution is 9.10. The van der Waals surface area contributed by atoms with Gasteiger partial charge in [-0.15, -0.1) is 10.2 Å². The number of rotatable bonds is 3. The molecule has 0 N–H and O–H groups in total. The minimum Gasteiger partial charge on any atom is -0.339 e. The summed E-state index contributed by atoms with van der Waals surface area (Å²) in [5.41, 5.74) is 1.01. The number of carbonyl (C=O) groups is 1. The first kappa shape index (κ1) is 15.9. The van der Waals surface area contributed by atoms with Gasteiger partial charge in [-0.05, 0) is 30.5 Å². The highest BCUT2D eigenvalue weighted by Gasteiger charge is 2.25. The maximum Gasteiger partial charge on any atom is 0.246 e. The molecule has 1 aromatic carbocycles. The summed E-state index contributed by atoms with van der Waals surface area (Å²) in [6.45, 7) is 1.52. The molecule has 0 radical (unpaired) electrons.